The van der Waals surface area contributed by atoms with Crippen molar-refractivity contribution in [3.05, 3.63) is 48.3 Å². The molecule has 5 nitrogen and oxygen atoms in total. The topological polar surface area (TPSA) is 59.8 Å². The smallest absolute Gasteiger partial charge is 0.237 e. The maximum Gasteiger partial charge on any atom is 0.237 e. The van der Waals surface area contributed by atoms with Gasteiger partial charge < -0.3 is 9.88 Å². The molecule has 0 aliphatic heterocycles. The first kappa shape index (κ1) is 17.1. The predicted octanol–water partition coefficient (Wildman–Crippen LogP) is 3.17. The van der Waals surface area contributed by atoms with Gasteiger partial charge in [0.05, 0.1) is 5.25 Å². The van der Waals surface area contributed by atoms with Crippen LogP contribution in [0.1, 0.15) is 12.7 Å². The summed E-state index contributed by atoms with van der Waals surface area (Å²) >= 11 is 1.15. The van der Waals surface area contributed by atoms with Crippen molar-refractivity contribution in [3.63, 3.8) is 0 Å². The Balaban J connectivity index is 2.10. The number of nitrogens with zero attached hydrogens (tertiary/aromatic N) is 3. The third kappa shape index (κ3) is 3.95. The quantitative estimate of drug-likeness (QED) is 0.649. The SMILES string of the molecule is C=CCn1c(C)nnc1S[C@@H](C)C(=O)Nc1c(F)cccc1F. The van der Waals surface area contributed by atoms with Crippen LogP contribution < -0.4 is 5.32 Å². The summed E-state index contributed by atoms with van der Waals surface area (Å²) in [5, 5.41) is 10.2. The molecule has 8 heteroatoms. The number of rotatable bonds is 6. The average molecular weight is 338 g/mol. The van der Waals surface area contributed by atoms with Crippen LogP contribution >= 0.6 is 11.8 Å². The highest BCUT2D eigenvalue weighted by molar-refractivity contribution is 8.00. The van der Waals surface area contributed by atoms with Gasteiger partial charge in [0.15, 0.2) is 5.16 Å². The minimum Gasteiger partial charge on any atom is -0.320 e. The Morgan fingerprint density at radius 3 is 2.70 bits per heavy atom. The highest BCUT2D eigenvalue weighted by atomic mass is 32.2. The second kappa shape index (κ2) is 7.36. The fourth-order valence-electron chi connectivity index (χ4n) is 1.84. The molecule has 1 aromatic heterocycles. The van der Waals surface area contributed by atoms with Crippen LogP contribution in [0.15, 0.2) is 36.0 Å². The highest BCUT2D eigenvalue weighted by Gasteiger charge is 2.21. The number of aromatic nitrogens is 3. The van der Waals surface area contributed by atoms with Crippen molar-refractivity contribution in [2.24, 2.45) is 0 Å². The zero-order valence-electron chi connectivity index (χ0n) is 12.7. The molecule has 0 aliphatic rings. The molecule has 1 amide bonds. The van der Waals surface area contributed by atoms with Crippen LogP contribution in [0.25, 0.3) is 0 Å². The van der Waals surface area contributed by atoms with Crippen molar-refractivity contribution in [1.82, 2.24) is 14.8 Å². The van der Waals surface area contributed by atoms with Crippen molar-refractivity contribution in [2.45, 2.75) is 30.8 Å². The molecule has 1 N–H and O–H groups in total. The van der Waals surface area contributed by atoms with Crippen LogP contribution in [0, 0.1) is 18.6 Å². The Kier molecular flexibility index (Phi) is 5.49. The molecule has 0 unspecified atom stereocenters. The predicted molar refractivity (Wildman–Crippen MR) is 85.3 cm³/mol. The van der Waals surface area contributed by atoms with Crippen molar-refractivity contribution in [1.29, 1.82) is 0 Å². The zero-order chi connectivity index (χ0) is 17.0. The van der Waals surface area contributed by atoms with E-state index in [1.807, 2.05) is 0 Å². The van der Waals surface area contributed by atoms with E-state index in [2.05, 4.69) is 22.1 Å². The standard InChI is InChI=1S/C15H16F2N4OS/c1-4-8-21-10(3)19-20-15(21)23-9(2)14(22)18-13-11(16)6-5-7-12(13)17/h4-7,9H,1,8H2,2-3H3,(H,18,22)/t9-/m0/s1. The van der Waals surface area contributed by atoms with Gasteiger partial charge in [-0.3, -0.25) is 4.79 Å². The van der Waals surface area contributed by atoms with Gasteiger partial charge in [-0.1, -0.05) is 23.9 Å². The van der Waals surface area contributed by atoms with E-state index >= 15 is 0 Å². The van der Waals surface area contributed by atoms with E-state index in [1.54, 1.807) is 24.5 Å². The summed E-state index contributed by atoms with van der Waals surface area (Å²) in [5.41, 5.74) is -0.450. The zero-order valence-corrected chi connectivity index (χ0v) is 13.5. The molecule has 0 bridgehead atoms. The molecule has 0 radical (unpaired) electrons. The Hall–Kier alpha value is -2.22. The van der Waals surface area contributed by atoms with Gasteiger partial charge in [-0.2, -0.15) is 0 Å². The summed E-state index contributed by atoms with van der Waals surface area (Å²) in [4.78, 5) is 12.2. The summed E-state index contributed by atoms with van der Waals surface area (Å²) < 4.78 is 28.9. The van der Waals surface area contributed by atoms with E-state index < -0.39 is 28.5 Å². The van der Waals surface area contributed by atoms with Crippen molar-refractivity contribution in [3.8, 4) is 0 Å². The summed E-state index contributed by atoms with van der Waals surface area (Å²) in [6.07, 6.45) is 1.69. The average Bonchev–Trinajstić information content (AvgIpc) is 2.84. The lowest BCUT2D eigenvalue weighted by atomic mass is 10.3. The Labute approximate surface area is 136 Å². The van der Waals surface area contributed by atoms with E-state index in [-0.39, 0.29) is 0 Å². The Morgan fingerprint density at radius 2 is 2.09 bits per heavy atom. The second-order valence-corrected chi connectivity index (χ2v) is 6.08. The number of carbonyl (C=O) groups excluding carboxylic acids is 1. The highest BCUT2D eigenvalue weighted by Crippen LogP contribution is 2.25. The fraction of sp³-hybridized carbons (Fsp3) is 0.267. The first-order valence-electron chi connectivity index (χ1n) is 6.86. The number of carbonyl (C=O) groups is 1. The number of amides is 1. The number of benzene rings is 1. The molecule has 1 atom stereocenters. The molecule has 1 aromatic carbocycles. The Bertz CT molecular complexity index is 712. The number of para-hydroxylation sites is 1. The maximum atomic E-state index is 13.6. The molecule has 0 spiro atoms. The number of allylic oxidation sites excluding steroid dienone is 1. The third-order valence-electron chi connectivity index (χ3n) is 3.08. The molecule has 122 valence electrons. The van der Waals surface area contributed by atoms with E-state index in [0.717, 1.165) is 23.9 Å². The van der Waals surface area contributed by atoms with Gasteiger partial charge in [0.25, 0.3) is 0 Å². The van der Waals surface area contributed by atoms with E-state index in [9.17, 15) is 13.6 Å². The first-order chi connectivity index (χ1) is 10.9. The van der Waals surface area contributed by atoms with Crippen LogP contribution in [0.2, 0.25) is 0 Å². The lowest BCUT2D eigenvalue weighted by Gasteiger charge is -2.13. The number of nitrogens with one attached hydrogen (secondary N) is 1. The number of hydrogen-bond acceptors (Lipinski definition) is 4. The van der Waals surface area contributed by atoms with Crippen LogP contribution in [-0.4, -0.2) is 25.9 Å². The number of aryl methyl sites for hydroxylation is 1. The number of anilines is 1. The van der Waals surface area contributed by atoms with Gasteiger partial charge >= 0.3 is 0 Å². The third-order valence-corrected chi connectivity index (χ3v) is 4.16. The van der Waals surface area contributed by atoms with Crippen LogP contribution in [-0.2, 0) is 11.3 Å². The van der Waals surface area contributed by atoms with Gasteiger partial charge in [-0.25, -0.2) is 8.78 Å². The molecule has 0 fully saturated rings. The van der Waals surface area contributed by atoms with Crippen molar-refractivity contribution >= 4 is 23.4 Å². The second-order valence-electron chi connectivity index (χ2n) is 4.78. The molecule has 0 saturated carbocycles. The van der Waals surface area contributed by atoms with Gasteiger partial charge in [0.2, 0.25) is 5.91 Å². The van der Waals surface area contributed by atoms with E-state index in [0.29, 0.717) is 17.5 Å². The molecule has 1 heterocycles. The largest absolute Gasteiger partial charge is 0.320 e. The van der Waals surface area contributed by atoms with E-state index in [1.165, 1.54) is 6.07 Å². The fourth-order valence-corrected chi connectivity index (χ4v) is 2.75. The van der Waals surface area contributed by atoms with Crippen LogP contribution in [0.5, 0.6) is 0 Å². The molecule has 0 saturated heterocycles. The number of hydrogen-bond donors (Lipinski definition) is 1. The molecule has 2 aromatic rings. The first-order valence-corrected chi connectivity index (χ1v) is 7.74. The minimum absolute atomic E-state index is 0.450. The van der Waals surface area contributed by atoms with Crippen LogP contribution in [0.4, 0.5) is 14.5 Å². The summed E-state index contributed by atoms with van der Waals surface area (Å²) in [7, 11) is 0. The van der Waals surface area contributed by atoms with Crippen LogP contribution in [0.3, 0.4) is 0 Å². The van der Waals surface area contributed by atoms with E-state index in [4.69, 9.17) is 0 Å². The maximum absolute atomic E-state index is 13.6. The lowest BCUT2D eigenvalue weighted by Crippen LogP contribution is -2.24. The minimum atomic E-state index is -0.818. The summed E-state index contributed by atoms with van der Waals surface area (Å²) in [6, 6.07) is 3.40. The summed E-state index contributed by atoms with van der Waals surface area (Å²) in [5.74, 6) is -1.47. The van der Waals surface area contributed by atoms with Gasteiger partial charge in [-0.15, -0.1) is 16.8 Å². The van der Waals surface area contributed by atoms with Crippen molar-refractivity contribution < 1.29 is 13.6 Å². The number of halogens is 2. The molecule has 0 aliphatic carbocycles. The summed E-state index contributed by atoms with van der Waals surface area (Å²) in [6.45, 7) is 7.59. The monoisotopic (exact) mass is 338 g/mol. The lowest BCUT2D eigenvalue weighted by molar-refractivity contribution is -0.115. The normalized spacial score (nSPS) is 12.0. The van der Waals surface area contributed by atoms with Gasteiger partial charge in [-0.05, 0) is 26.0 Å². The molecule has 2 rings (SSSR count). The number of thioether (sulfide) groups is 1. The molecular weight excluding hydrogens is 322 g/mol. The van der Waals surface area contributed by atoms with Gasteiger partial charge in [0, 0.05) is 6.54 Å². The van der Waals surface area contributed by atoms with Crippen molar-refractivity contribution in [2.75, 3.05) is 5.32 Å². The Morgan fingerprint density at radius 1 is 1.43 bits per heavy atom. The molecule has 23 heavy (non-hydrogen) atoms. The molecular formula is C15H16F2N4OS. The van der Waals surface area contributed by atoms with Gasteiger partial charge in [0.1, 0.15) is 23.1 Å².